The van der Waals surface area contributed by atoms with Crippen molar-refractivity contribution in [3.05, 3.63) is 64.7 Å². The Labute approximate surface area is 108 Å². The van der Waals surface area contributed by atoms with Crippen LogP contribution in [0, 0.1) is 0 Å². The van der Waals surface area contributed by atoms with Gasteiger partial charge in [-0.05, 0) is 11.1 Å². The smallest absolute Gasteiger partial charge is 0.193 e. The molecule has 0 spiro atoms. The predicted octanol–water partition coefficient (Wildman–Crippen LogP) is 2.35. The molecule has 0 bridgehead atoms. The van der Waals surface area contributed by atoms with Gasteiger partial charge in [-0.2, -0.15) is 0 Å². The Hall–Kier alpha value is -1.83. The minimum absolute atomic E-state index is 0.0761. The zero-order valence-electron chi connectivity index (χ0n) is 10.5. The van der Waals surface area contributed by atoms with E-state index in [9.17, 15) is 4.79 Å². The first-order valence-electron chi connectivity index (χ1n) is 6.06. The van der Waals surface area contributed by atoms with Crippen LogP contribution in [-0.2, 0) is 5.41 Å². The molecule has 3 rings (SSSR count). The molecule has 0 saturated carbocycles. The highest BCUT2D eigenvalue weighted by Gasteiger charge is 2.36. The van der Waals surface area contributed by atoms with Crippen LogP contribution in [0.15, 0.2) is 42.5 Å². The van der Waals surface area contributed by atoms with Gasteiger partial charge in [-0.25, -0.2) is 0 Å². The average molecular weight is 232 g/mol. The van der Waals surface area contributed by atoms with Gasteiger partial charge in [0.25, 0.3) is 0 Å². The van der Waals surface area contributed by atoms with Crippen LogP contribution < -0.4 is 5.46 Å². The van der Waals surface area contributed by atoms with Gasteiger partial charge in [0.2, 0.25) is 0 Å². The van der Waals surface area contributed by atoms with E-state index in [0.717, 1.165) is 22.3 Å². The van der Waals surface area contributed by atoms with Gasteiger partial charge in [-0.15, -0.1) is 0 Å². The molecule has 86 valence electrons. The summed E-state index contributed by atoms with van der Waals surface area (Å²) in [6, 6.07) is 13.4. The van der Waals surface area contributed by atoms with E-state index in [4.69, 9.17) is 7.85 Å². The number of hydrogen-bond acceptors (Lipinski definition) is 1. The molecule has 0 aromatic heterocycles. The summed E-state index contributed by atoms with van der Waals surface area (Å²) in [7, 11) is 5.80. The standard InChI is InChI=1S/C16H13BO/c1-16(2)13-6-4-3-5-11(13)15(18)12-9-10(17)7-8-14(12)16/h3-9H,1-2H3. The first-order valence-corrected chi connectivity index (χ1v) is 6.06. The third-order valence-electron chi connectivity index (χ3n) is 3.81. The van der Waals surface area contributed by atoms with Crippen LogP contribution in [0.3, 0.4) is 0 Å². The summed E-state index contributed by atoms with van der Waals surface area (Å²) < 4.78 is 0. The van der Waals surface area contributed by atoms with Crippen LogP contribution in [0.2, 0.25) is 0 Å². The molecule has 0 atom stereocenters. The van der Waals surface area contributed by atoms with Crippen molar-refractivity contribution < 1.29 is 4.79 Å². The summed E-state index contributed by atoms with van der Waals surface area (Å²) in [4.78, 5) is 12.5. The van der Waals surface area contributed by atoms with Gasteiger partial charge in [-0.3, -0.25) is 4.79 Å². The Balaban J connectivity index is 2.37. The molecule has 0 amide bonds. The van der Waals surface area contributed by atoms with Crippen molar-refractivity contribution in [3.63, 3.8) is 0 Å². The normalized spacial score (nSPS) is 16.0. The fourth-order valence-corrected chi connectivity index (χ4v) is 2.81. The van der Waals surface area contributed by atoms with E-state index in [1.54, 1.807) is 6.07 Å². The molecule has 0 unspecified atom stereocenters. The monoisotopic (exact) mass is 232 g/mol. The molecule has 0 saturated heterocycles. The minimum atomic E-state index is -0.159. The van der Waals surface area contributed by atoms with Gasteiger partial charge < -0.3 is 0 Å². The average Bonchev–Trinajstić information content (AvgIpc) is 2.36. The lowest BCUT2D eigenvalue weighted by atomic mass is 9.67. The van der Waals surface area contributed by atoms with Crippen molar-refractivity contribution in [1.82, 2.24) is 0 Å². The molecule has 2 aromatic rings. The SMILES string of the molecule is [B]c1ccc2c(c1)C(=O)c1ccccc1C2(C)C. The lowest BCUT2D eigenvalue weighted by Gasteiger charge is -2.34. The highest BCUT2D eigenvalue weighted by atomic mass is 16.1. The highest BCUT2D eigenvalue weighted by molar-refractivity contribution is 6.33. The van der Waals surface area contributed by atoms with Gasteiger partial charge in [0, 0.05) is 16.5 Å². The van der Waals surface area contributed by atoms with Crippen LogP contribution in [0.4, 0.5) is 0 Å². The van der Waals surface area contributed by atoms with Crippen molar-refractivity contribution >= 4 is 19.1 Å². The number of fused-ring (bicyclic) bond motifs is 2. The van der Waals surface area contributed by atoms with Crippen LogP contribution in [0.5, 0.6) is 0 Å². The second kappa shape index (κ2) is 3.58. The maximum Gasteiger partial charge on any atom is 0.193 e. The number of carbonyl (C=O) groups is 1. The zero-order valence-corrected chi connectivity index (χ0v) is 10.5. The molecule has 2 heteroatoms. The first kappa shape index (κ1) is 11.3. The summed E-state index contributed by atoms with van der Waals surface area (Å²) in [5, 5.41) is 0. The number of rotatable bonds is 0. The number of carbonyl (C=O) groups excluding carboxylic acids is 1. The van der Waals surface area contributed by atoms with Gasteiger partial charge in [0.05, 0.1) is 0 Å². The Morgan fingerprint density at radius 3 is 2.39 bits per heavy atom. The molecular weight excluding hydrogens is 219 g/mol. The second-order valence-electron chi connectivity index (χ2n) is 5.30. The third-order valence-corrected chi connectivity index (χ3v) is 3.81. The molecule has 2 aromatic carbocycles. The Morgan fingerprint density at radius 1 is 0.944 bits per heavy atom. The lowest BCUT2D eigenvalue weighted by molar-refractivity contribution is 0.103. The van der Waals surface area contributed by atoms with E-state index in [0.29, 0.717) is 5.46 Å². The molecule has 18 heavy (non-hydrogen) atoms. The number of ketones is 1. The molecular formula is C16H13BO. The molecule has 1 aliphatic carbocycles. The summed E-state index contributed by atoms with van der Waals surface area (Å²) >= 11 is 0. The molecule has 2 radical (unpaired) electrons. The first-order chi connectivity index (χ1) is 8.51. The van der Waals surface area contributed by atoms with Crippen molar-refractivity contribution in [1.29, 1.82) is 0 Å². The number of benzene rings is 2. The van der Waals surface area contributed by atoms with E-state index < -0.39 is 0 Å². The molecule has 1 nitrogen and oxygen atoms in total. The van der Waals surface area contributed by atoms with Crippen LogP contribution in [0.25, 0.3) is 0 Å². The predicted molar refractivity (Wildman–Crippen MR) is 73.8 cm³/mol. The van der Waals surface area contributed by atoms with Gasteiger partial charge in [0.1, 0.15) is 7.85 Å². The second-order valence-corrected chi connectivity index (χ2v) is 5.30. The van der Waals surface area contributed by atoms with Crippen LogP contribution in [0.1, 0.15) is 40.9 Å². The molecule has 1 aliphatic rings. The fourth-order valence-electron chi connectivity index (χ4n) is 2.81. The molecule has 0 heterocycles. The summed E-state index contributed by atoms with van der Waals surface area (Å²) in [5.41, 5.74) is 4.15. The third kappa shape index (κ3) is 1.38. The van der Waals surface area contributed by atoms with Crippen LogP contribution in [-0.4, -0.2) is 13.6 Å². The fraction of sp³-hybridized carbons (Fsp3) is 0.188. The van der Waals surface area contributed by atoms with E-state index in [-0.39, 0.29) is 11.2 Å². The Morgan fingerprint density at radius 2 is 1.61 bits per heavy atom. The molecule has 0 N–H and O–H groups in total. The Kier molecular flexibility index (Phi) is 2.24. The van der Waals surface area contributed by atoms with Crippen molar-refractivity contribution in [3.8, 4) is 0 Å². The summed E-state index contributed by atoms with van der Waals surface area (Å²) in [5.74, 6) is 0.0761. The van der Waals surface area contributed by atoms with Crippen molar-refractivity contribution in [2.75, 3.05) is 0 Å². The highest BCUT2D eigenvalue weighted by Crippen LogP contribution is 2.40. The maximum absolute atomic E-state index is 12.5. The van der Waals surface area contributed by atoms with Gasteiger partial charge >= 0.3 is 0 Å². The Bertz CT molecular complexity index is 656. The number of hydrogen-bond donors (Lipinski definition) is 0. The minimum Gasteiger partial charge on any atom is -0.289 e. The van der Waals surface area contributed by atoms with Gasteiger partial charge in [-0.1, -0.05) is 61.8 Å². The van der Waals surface area contributed by atoms with Crippen molar-refractivity contribution in [2.45, 2.75) is 19.3 Å². The van der Waals surface area contributed by atoms with E-state index in [1.807, 2.05) is 36.4 Å². The largest absolute Gasteiger partial charge is 0.289 e. The van der Waals surface area contributed by atoms with Crippen molar-refractivity contribution in [2.24, 2.45) is 0 Å². The molecule has 0 aliphatic heterocycles. The van der Waals surface area contributed by atoms with E-state index in [2.05, 4.69) is 13.8 Å². The topological polar surface area (TPSA) is 17.1 Å². The quantitative estimate of drug-likeness (QED) is 0.637. The molecule has 0 fully saturated rings. The zero-order chi connectivity index (χ0) is 12.9. The van der Waals surface area contributed by atoms with E-state index >= 15 is 0 Å². The summed E-state index contributed by atoms with van der Waals surface area (Å²) in [6.07, 6.45) is 0. The lowest BCUT2D eigenvalue weighted by Crippen LogP contribution is -2.31. The maximum atomic E-state index is 12.5. The van der Waals surface area contributed by atoms with E-state index in [1.165, 1.54) is 0 Å². The van der Waals surface area contributed by atoms with Crippen LogP contribution >= 0.6 is 0 Å². The van der Waals surface area contributed by atoms with Gasteiger partial charge in [0.15, 0.2) is 5.78 Å². The summed E-state index contributed by atoms with van der Waals surface area (Å²) in [6.45, 7) is 4.29.